The quantitative estimate of drug-likeness (QED) is 0.504. The molecule has 30 heavy (non-hydrogen) atoms. The summed E-state index contributed by atoms with van der Waals surface area (Å²) in [5.41, 5.74) is 3.59. The molecule has 2 heterocycles. The molecule has 0 aliphatic rings. The molecule has 0 aliphatic heterocycles. The molecule has 0 fully saturated rings. The Hall–Kier alpha value is -3.74. The van der Waals surface area contributed by atoms with Crippen LogP contribution in [0.15, 0.2) is 60.8 Å². The first-order valence-electron chi connectivity index (χ1n) is 9.74. The van der Waals surface area contributed by atoms with E-state index < -0.39 is 6.04 Å². The van der Waals surface area contributed by atoms with Gasteiger partial charge in [0.15, 0.2) is 0 Å². The number of aryl methyl sites for hydroxylation is 3. The van der Waals surface area contributed by atoms with E-state index in [4.69, 9.17) is 0 Å². The first-order chi connectivity index (χ1) is 14.4. The number of hydrogen-bond acceptors (Lipinski definition) is 4. The molecule has 152 valence electrons. The molecule has 0 bridgehead atoms. The average Bonchev–Trinajstić information content (AvgIpc) is 3.30. The Bertz CT molecular complexity index is 1220. The van der Waals surface area contributed by atoms with Gasteiger partial charge in [-0.2, -0.15) is 5.10 Å². The van der Waals surface area contributed by atoms with E-state index in [9.17, 15) is 9.59 Å². The topological polar surface area (TPSA) is 81.8 Å². The zero-order valence-electron chi connectivity index (χ0n) is 17.2. The third-order valence-electron chi connectivity index (χ3n) is 5.34. The summed E-state index contributed by atoms with van der Waals surface area (Å²) in [7, 11) is 3.65. The average molecular weight is 401 g/mol. The molecule has 1 atom stereocenters. The monoisotopic (exact) mass is 401 g/mol. The number of nitrogens with one attached hydrogen (secondary N) is 1. The van der Waals surface area contributed by atoms with Gasteiger partial charge in [-0.25, -0.2) is 4.98 Å². The molecule has 1 unspecified atom stereocenters. The van der Waals surface area contributed by atoms with Crippen molar-refractivity contribution in [2.45, 2.75) is 19.4 Å². The molecule has 7 nitrogen and oxygen atoms in total. The number of benzene rings is 2. The Morgan fingerprint density at radius 3 is 2.53 bits per heavy atom. The van der Waals surface area contributed by atoms with Crippen molar-refractivity contribution >= 4 is 22.7 Å². The second-order valence-electron chi connectivity index (χ2n) is 7.34. The van der Waals surface area contributed by atoms with Crippen molar-refractivity contribution < 1.29 is 9.59 Å². The van der Waals surface area contributed by atoms with Gasteiger partial charge in [0.05, 0.1) is 17.1 Å². The maximum Gasteiger partial charge on any atom is 0.251 e. The summed E-state index contributed by atoms with van der Waals surface area (Å²) < 4.78 is 3.50. The van der Waals surface area contributed by atoms with E-state index in [2.05, 4.69) is 15.4 Å². The summed E-state index contributed by atoms with van der Waals surface area (Å²) in [6.07, 6.45) is 1.97. The highest BCUT2D eigenvalue weighted by Crippen LogP contribution is 2.17. The van der Waals surface area contributed by atoms with Gasteiger partial charge in [-0.15, -0.1) is 0 Å². The highest BCUT2D eigenvalue weighted by atomic mass is 16.2. The van der Waals surface area contributed by atoms with Gasteiger partial charge in [0.25, 0.3) is 5.91 Å². The number of fused-ring (bicyclic) bond motifs is 1. The summed E-state index contributed by atoms with van der Waals surface area (Å²) >= 11 is 0. The van der Waals surface area contributed by atoms with Gasteiger partial charge in [0.1, 0.15) is 11.5 Å². The van der Waals surface area contributed by atoms with Crippen molar-refractivity contribution in [2.24, 2.45) is 14.1 Å². The third-order valence-corrected chi connectivity index (χ3v) is 5.34. The number of imidazole rings is 1. The zero-order valence-corrected chi connectivity index (χ0v) is 17.2. The first kappa shape index (κ1) is 19.6. The van der Waals surface area contributed by atoms with Crippen LogP contribution in [-0.2, 0) is 20.5 Å². The Labute approximate surface area is 174 Å². The molecule has 4 aromatic rings. The highest BCUT2D eigenvalue weighted by molar-refractivity contribution is 6.04. The molecule has 7 heteroatoms. The van der Waals surface area contributed by atoms with E-state index in [1.165, 1.54) is 4.68 Å². The number of aromatic nitrogens is 4. The number of ketones is 1. The first-order valence-corrected chi connectivity index (χ1v) is 9.74. The minimum atomic E-state index is -0.712. The summed E-state index contributed by atoms with van der Waals surface area (Å²) in [5.74, 6) is 0.384. The van der Waals surface area contributed by atoms with Gasteiger partial charge in [-0.05, 0) is 36.8 Å². The molecule has 2 aromatic heterocycles. The van der Waals surface area contributed by atoms with E-state index in [1.54, 1.807) is 31.4 Å². The van der Waals surface area contributed by atoms with Crippen LogP contribution in [0, 0.1) is 6.92 Å². The molecule has 2 aromatic carbocycles. The molecular formula is C23H23N5O2. The minimum absolute atomic E-state index is 0.179. The van der Waals surface area contributed by atoms with Crippen molar-refractivity contribution in [2.75, 3.05) is 0 Å². The normalized spacial score (nSPS) is 12.1. The van der Waals surface area contributed by atoms with Gasteiger partial charge >= 0.3 is 0 Å². The lowest BCUT2D eigenvalue weighted by Gasteiger charge is -2.18. The third kappa shape index (κ3) is 3.74. The summed E-state index contributed by atoms with van der Waals surface area (Å²) in [5, 5.41) is 7.00. The van der Waals surface area contributed by atoms with Crippen molar-refractivity contribution in [1.82, 2.24) is 24.6 Å². The van der Waals surface area contributed by atoms with Crippen molar-refractivity contribution in [3.8, 4) is 0 Å². The van der Waals surface area contributed by atoms with E-state index >= 15 is 0 Å². The van der Waals surface area contributed by atoms with Crippen LogP contribution in [0.25, 0.3) is 11.0 Å². The number of nitrogens with zero attached hydrogens (tertiary/aromatic N) is 4. The molecule has 1 N–H and O–H groups in total. The Kier molecular flexibility index (Phi) is 5.18. The molecule has 0 radical (unpaired) electrons. The lowest BCUT2D eigenvalue weighted by Crippen LogP contribution is -2.43. The predicted molar refractivity (Wildman–Crippen MR) is 114 cm³/mol. The smallest absolute Gasteiger partial charge is 0.251 e. The van der Waals surface area contributed by atoms with Gasteiger partial charge in [-0.3, -0.25) is 14.3 Å². The second kappa shape index (κ2) is 7.94. The summed E-state index contributed by atoms with van der Waals surface area (Å²) in [4.78, 5) is 30.7. The molecule has 4 rings (SSSR count). The molecule has 1 amide bonds. The van der Waals surface area contributed by atoms with Crippen LogP contribution in [0.1, 0.15) is 32.2 Å². The number of rotatable bonds is 6. The van der Waals surface area contributed by atoms with Crippen LogP contribution >= 0.6 is 0 Å². The number of carbonyl (C=O) groups is 2. The van der Waals surface area contributed by atoms with Gasteiger partial charge in [-0.1, -0.05) is 30.3 Å². The molecule has 0 saturated carbocycles. The number of carbonyl (C=O) groups excluding carboxylic acids is 2. The maximum atomic E-state index is 13.2. The fourth-order valence-corrected chi connectivity index (χ4v) is 3.56. The standard InChI is InChI=1S/C23H23N5O2/c1-15-25-18-14-17(9-10-20(18)27(15)2)23(30)26-19(13-16-7-5-4-6-8-16)22(29)21-11-12-24-28(21)3/h4-12,14,19H,13H2,1-3H3,(H,26,30). The van der Waals surface area contributed by atoms with E-state index in [-0.39, 0.29) is 11.7 Å². The molecular weight excluding hydrogens is 378 g/mol. The minimum Gasteiger partial charge on any atom is -0.341 e. The van der Waals surface area contributed by atoms with Gasteiger partial charge in [0.2, 0.25) is 5.78 Å². The largest absolute Gasteiger partial charge is 0.341 e. The van der Waals surface area contributed by atoms with Crippen LogP contribution < -0.4 is 5.32 Å². The van der Waals surface area contributed by atoms with Crippen LogP contribution in [0.3, 0.4) is 0 Å². The lowest BCUT2D eigenvalue weighted by atomic mass is 10.00. The van der Waals surface area contributed by atoms with E-state index in [1.807, 2.05) is 54.9 Å². The second-order valence-corrected chi connectivity index (χ2v) is 7.34. The van der Waals surface area contributed by atoms with Gasteiger partial charge < -0.3 is 9.88 Å². The SMILES string of the molecule is Cc1nc2cc(C(=O)NC(Cc3ccccc3)C(=O)c3ccnn3C)ccc2n1C. The molecule has 0 saturated heterocycles. The Balaban J connectivity index is 1.62. The summed E-state index contributed by atoms with van der Waals surface area (Å²) in [6, 6.07) is 16.0. The van der Waals surface area contributed by atoms with E-state index in [0.717, 1.165) is 22.4 Å². The van der Waals surface area contributed by atoms with Crippen molar-refractivity contribution in [3.05, 3.63) is 83.4 Å². The van der Waals surface area contributed by atoms with Crippen LogP contribution in [0.2, 0.25) is 0 Å². The lowest BCUT2D eigenvalue weighted by molar-refractivity contribution is 0.0852. The van der Waals surface area contributed by atoms with Crippen LogP contribution in [0.5, 0.6) is 0 Å². The number of hydrogen-bond donors (Lipinski definition) is 1. The van der Waals surface area contributed by atoms with E-state index in [0.29, 0.717) is 17.7 Å². The zero-order chi connectivity index (χ0) is 21.3. The van der Waals surface area contributed by atoms with Gasteiger partial charge in [0, 0.05) is 32.3 Å². The Morgan fingerprint density at radius 2 is 1.83 bits per heavy atom. The fraction of sp³-hybridized carbons (Fsp3) is 0.217. The predicted octanol–water partition coefficient (Wildman–Crippen LogP) is 2.84. The summed E-state index contributed by atoms with van der Waals surface area (Å²) in [6.45, 7) is 1.92. The van der Waals surface area contributed by atoms with Crippen molar-refractivity contribution in [1.29, 1.82) is 0 Å². The van der Waals surface area contributed by atoms with Crippen LogP contribution in [0.4, 0.5) is 0 Å². The highest BCUT2D eigenvalue weighted by Gasteiger charge is 2.25. The number of amides is 1. The fourth-order valence-electron chi connectivity index (χ4n) is 3.56. The molecule has 0 spiro atoms. The Morgan fingerprint density at radius 1 is 1.07 bits per heavy atom. The maximum absolute atomic E-state index is 13.2. The van der Waals surface area contributed by atoms with Crippen LogP contribution in [-0.4, -0.2) is 37.1 Å². The molecule has 0 aliphatic carbocycles. The van der Waals surface area contributed by atoms with Crippen molar-refractivity contribution in [3.63, 3.8) is 0 Å². The number of Topliss-reactive ketones (excluding diaryl/α,β-unsaturated/α-hetero) is 1.